The van der Waals surface area contributed by atoms with Gasteiger partial charge in [0.15, 0.2) is 0 Å². The van der Waals surface area contributed by atoms with Gasteiger partial charge < -0.3 is 14.0 Å². The van der Waals surface area contributed by atoms with Crippen LogP contribution >= 0.6 is 0 Å². The quantitative estimate of drug-likeness (QED) is 0.438. The second-order valence-corrected chi connectivity index (χ2v) is 11.8. The lowest BCUT2D eigenvalue weighted by atomic mass is 9.98. The van der Waals surface area contributed by atoms with Gasteiger partial charge in [0.25, 0.3) is 5.56 Å². The highest BCUT2D eigenvalue weighted by molar-refractivity contribution is 7.89. The van der Waals surface area contributed by atoms with Gasteiger partial charge in [-0.2, -0.15) is 17.5 Å². The molecule has 0 spiro atoms. The molecule has 1 saturated heterocycles. The number of hydrogen-bond acceptors (Lipinski definition) is 5. The van der Waals surface area contributed by atoms with Gasteiger partial charge in [0.05, 0.1) is 17.0 Å². The van der Waals surface area contributed by atoms with Crippen LogP contribution in [0.2, 0.25) is 0 Å². The molecule has 1 fully saturated rings. The van der Waals surface area contributed by atoms with Gasteiger partial charge in [0.1, 0.15) is 11.9 Å². The molecule has 0 radical (unpaired) electrons. The first-order valence-electron chi connectivity index (χ1n) is 12.2. The van der Waals surface area contributed by atoms with Crippen molar-refractivity contribution in [3.63, 3.8) is 0 Å². The Morgan fingerprint density at radius 3 is 2.42 bits per heavy atom. The Bertz CT molecular complexity index is 1530. The summed E-state index contributed by atoms with van der Waals surface area (Å²) in [6, 6.07) is 12.6. The molecule has 7 nitrogen and oxygen atoms in total. The average Bonchev–Trinajstić information content (AvgIpc) is 3.40. The van der Waals surface area contributed by atoms with E-state index in [2.05, 4.69) is 0 Å². The summed E-state index contributed by atoms with van der Waals surface area (Å²) in [5.41, 5.74) is 0.365. The van der Waals surface area contributed by atoms with Crippen molar-refractivity contribution in [1.29, 1.82) is 0 Å². The van der Waals surface area contributed by atoms with Crippen molar-refractivity contribution >= 4 is 10.0 Å². The fraction of sp³-hybridized carbons (Fsp3) is 0.370. The predicted molar refractivity (Wildman–Crippen MR) is 134 cm³/mol. The molecule has 38 heavy (non-hydrogen) atoms. The number of hydrogen-bond donors (Lipinski definition) is 0. The first-order valence-corrected chi connectivity index (χ1v) is 13.7. The summed E-state index contributed by atoms with van der Waals surface area (Å²) in [7, 11) is -3.72. The van der Waals surface area contributed by atoms with E-state index in [4.69, 9.17) is 9.47 Å². The molecule has 1 unspecified atom stereocenters. The molecule has 2 aliphatic heterocycles. The van der Waals surface area contributed by atoms with E-state index in [1.54, 1.807) is 38.1 Å². The Labute approximate surface area is 218 Å². The topological polar surface area (TPSA) is 77.8 Å². The van der Waals surface area contributed by atoms with Crippen LogP contribution < -0.4 is 10.3 Å². The van der Waals surface area contributed by atoms with Gasteiger partial charge in [-0.15, -0.1) is 0 Å². The van der Waals surface area contributed by atoms with E-state index < -0.39 is 33.7 Å². The number of aromatic nitrogens is 1. The van der Waals surface area contributed by atoms with E-state index in [9.17, 15) is 26.4 Å². The summed E-state index contributed by atoms with van der Waals surface area (Å²) >= 11 is 0. The van der Waals surface area contributed by atoms with Gasteiger partial charge in [0.2, 0.25) is 15.8 Å². The molecule has 0 amide bonds. The maximum atomic E-state index is 13.2. The summed E-state index contributed by atoms with van der Waals surface area (Å²) in [5.74, 6) is -0.692. The molecular weight excluding hydrogens is 521 g/mol. The van der Waals surface area contributed by atoms with Crippen LogP contribution in [-0.4, -0.2) is 36.2 Å². The molecule has 3 aromatic rings. The zero-order valence-corrected chi connectivity index (χ0v) is 21.7. The lowest BCUT2D eigenvalue weighted by Gasteiger charge is -2.38. The molecule has 202 valence electrons. The molecule has 0 bridgehead atoms. The highest BCUT2D eigenvalue weighted by atomic mass is 32.2. The third kappa shape index (κ3) is 5.23. The second-order valence-electron chi connectivity index (χ2n) is 9.91. The molecule has 0 aliphatic carbocycles. The minimum Gasteiger partial charge on any atom is -0.463 e. The number of alkyl halides is 3. The van der Waals surface area contributed by atoms with Gasteiger partial charge in [-0.25, -0.2) is 8.42 Å². The van der Waals surface area contributed by atoms with Crippen molar-refractivity contribution in [3.8, 4) is 16.9 Å². The van der Waals surface area contributed by atoms with Crippen LogP contribution in [0.5, 0.6) is 5.75 Å². The molecule has 5 rings (SSSR count). The van der Waals surface area contributed by atoms with E-state index in [1.807, 2.05) is 0 Å². The number of halogens is 3. The monoisotopic (exact) mass is 548 g/mol. The van der Waals surface area contributed by atoms with Gasteiger partial charge in [-0.3, -0.25) is 4.79 Å². The van der Waals surface area contributed by atoms with Crippen LogP contribution in [0.15, 0.2) is 70.5 Å². The third-order valence-electron chi connectivity index (χ3n) is 6.69. The van der Waals surface area contributed by atoms with Crippen LogP contribution in [0.1, 0.15) is 43.9 Å². The lowest BCUT2D eigenvalue weighted by Crippen LogP contribution is -2.40. The van der Waals surface area contributed by atoms with E-state index >= 15 is 0 Å². The zero-order chi connectivity index (χ0) is 27.3. The van der Waals surface area contributed by atoms with Crippen molar-refractivity contribution in [2.24, 2.45) is 0 Å². The molecule has 1 aromatic heterocycles. The number of nitrogens with zero attached hydrogens (tertiary/aromatic N) is 2. The second kappa shape index (κ2) is 9.55. The Morgan fingerprint density at radius 2 is 1.71 bits per heavy atom. The number of pyridine rings is 1. The fourth-order valence-electron chi connectivity index (χ4n) is 4.83. The van der Waals surface area contributed by atoms with Gasteiger partial charge in [-0.1, -0.05) is 24.3 Å². The Morgan fingerprint density at radius 1 is 1.00 bits per heavy atom. The molecule has 0 N–H and O–H groups in total. The Balaban J connectivity index is 1.48. The molecule has 1 atom stereocenters. The molecule has 3 heterocycles. The van der Waals surface area contributed by atoms with Crippen LogP contribution in [0.25, 0.3) is 11.1 Å². The number of sulfonamides is 1. The van der Waals surface area contributed by atoms with Crippen LogP contribution in [-0.2, 0) is 27.5 Å². The maximum absolute atomic E-state index is 13.2. The summed E-state index contributed by atoms with van der Waals surface area (Å²) in [6.45, 7) is 4.29. The van der Waals surface area contributed by atoms with Crippen molar-refractivity contribution < 1.29 is 31.1 Å². The van der Waals surface area contributed by atoms with Crippen molar-refractivity contribution in [2.45, 2.75) is 56.2 Å². The van der Waals surface area contributed by atoms with Crippen LogP contribution in [0.4, 0.5) is 13.2 Å². The highest BCUT2D eigenvalue weighted by Gasteiger charge is 2.36. The summed E-state index contributed by atoms with van der Waals surface area (Å²) in [6.07, 6.45) is -2.22. The normalized spacial score (nSPS) is 19.7. The fourth-order valence-corrected chi connectivity index (χ4v) is 6.37. The first-order chi connectivity index (χ1) is 17.8. The zero-order valence-electron chi connectivity index (χ0n) is 20.9. The number of rotatable bonds is 5. The Kier molecular flexibility index (Phi) is 6.65. The van der Waals surface area contributed by atoms with Gasteiger partial charge >= 0.3 is 6.18 Å². The number of fused-ring (bicyclic) bond motifs is 1. The molecule has 0 saturated carbocycles. The molecule has 2 aromatic carbocycles. The number of ether oxygens (including phenoxy) is 2. The summed E-state index contributed by atoms with van der Waals surface area (Å²) < 4.78 is 80.6. The van der Waals surface area contributed by atoms with Crippen LogP contribution in [0, 0.1) is 0 Å². The third-order valence-corrected chi connectivity index (χ3v) is 8.57. The van der Waals surface area contributed by atoms with E-state index in [0.717, 1.165) is 25.0 Å². The van der Waals surface area contributed by atoms with E-state index in [0.29, 0.717) is 35.5 Å². The average molecular weight is 549 g/mol. The molecule has 2 aliphatic rings. The SMILES string of the molecule is CC1(C)Oc2cc(-c3cccc(C(F)(F)F)c3)ccc2C(Cn2cc(S(=O)(=O)N3CCCC3)ccc2=O)O1. The highest BCUT2D eigenvalue weighted by Crippen LogP contribution is 2.42. The number of benzene rings is 2. The van der Waals surface area contributed by atoms with Crippen molar-refractivity contribution in [2.75, 3.05) is 13.1 Å². The van der Waals surface area contributed by atoms with Crippen LogP contribution in [0.3, 0.4) is 0 Å². The lowest BCUT2D eigenvalue weighted by molar-refractivity contribution is -0.210. The Hall–Kier alpha value is -3.15. The van der Waals surface area contributed by atoms with Crippen molar-refractivity contribution in [1.82, 2.24) is 8.87 Å². The minimum absolute atomic E-state index is 0.0187. The van der Waals surface area contributed by atoms with Gasteiger partial charge in [-0.05, 0) is 48.2 Å². The van der Waals surface area contributed by atoms with Crippen molar-refractivity contribution in [3.05, 3.63) is 82.3 Å². The predicted octanol–water partition coefficient (Wildman–Crippen LogP) is 5.21. The first kappa shape index (κ1) is 26.5. The largest absolute Gasteiger partial charge is 0.463 e. The van der Waals surface area contributed by atoms with E-state index in [-0.39, 0.29) is 17.0 Å². The summed E-state index contributed by atoms with van der Waals surface area (Å²) in [4.78, 5) is 12.7. The van der Waals surface area contributed by atoms with E-state index in [1.165, 1.54) is 33.3 Å². The molecular formula is C27H27F3N2O5S. The minimum atomic E-state index is -4.47. The maximum Gasteiger partial charge on any atom is 0.416 e. The standard InChI is InChI=1S/C27H27F3N2O5S/c1-26(2)36-23-15-19(18-6-5-7-20(14-18)27(28,29)30)8-10-22(23)24(37-26)17-31-16-21(9-11-25(31)33)38(34,35)32-12-3-4-13-32/h5-11,14-16,24H,3-4,12-13,17H2,1-2H3. The van der Waals surface area contributed by atoms with Gasteiger partial charge in [0, 0.05) is 44.8 Å². The smallest absolute Gasteiger partial charge is 0.416 e. The molecule has 11 heteroatoms. The summed E-state index contributed by atoms with van der Waals surface area (Å²) in [5, 5.41) is 0.